The molecule has 0 radical (unpaired) electrons. The largest absolute Gasteiger partial charge is 0.496 e. The van der Waals surface area contributed by atoms with Gasteiger partial charge in [-0.3, -0.25) is 9.59 Å². The van der Waals surface area contributed by atoms with E-state index in [4.69, 9.17) is 13.9 Å². The first-order chi connectivity index (χ1) is 13.6. The van der Waals surface area contributed by atoms with Gasteiger partial charge in [0.15, 0.2) is 5.76 Å². The van der Waals surface area contributed by atoms with Crippen molar-refractivity contribution in [3.8, 4) is 11.5 Å². The van der Waals surface area contributed by atoms with Crippen LogP contribution in [-0.4, -0.2) is 13.0 Å². The van der Waals surface area contributed by atoms with Crippen molar-refractivity contribution in [3.05, 3.63) is 93.8 Å². The molecule has 1 N–H and O–H groups in total. The minimum absolute atomic E-state index is 0.107. The average Bonchev–Trinajstić information content (AvgIpc) is 2.72. The van der Waals surface area contributed by atoms with Crippen LogP contribution in [0.5, 0.6) is 11.5 Å². The van der Waals surface area contributed by atoms with Gasteiger partial charge in [0, 0.05) is 23.7 Å². The van der Waals surface area contributed by atoms with Gasteiger partial charge in [0.2, 0.25) is 11.2 Å². The Morgan fingerprint density at radius 1 is 1.07 bits per heavy atom. The van der Waals surface area contributed by atoms with Crippen molar-refractivity contribution < 1.29 is 23.1 Å². The van der Waals surface area contributed by atoms with Crippen LogP contribution in [0.2, 0.25) is 0 Å². The molecule has 0 aliphatic rings. The molecule has 0 fully saturated rings. The second-order valence-corrected chi connectivity index (χ2v) is 5.85. The molecular formula is C21H18FNO5. The highest BCUT2D eigenvalue weighted by Crippen LogP contribution is 2.17. The number of rotatable bonds is 7. The van der Waals surface area contributed by atoms with Crippen molar-refractivity contribution in [1.82, 2.24) is 5.32 Å². The van der Waals surface area contributed by atoms with Crippen LogP contribution in [-0.2, 0) is 13.2 Å². The smallest absolute Gasteiger partial charge is 0.287 e. The fourth-order valence-electron chi connectivity index (χ4n) is 2.51. The first kappa shape index (κ1) is 19.2. The third kappa shape index (κ3) is 4.56. The molecule has 0 bridgehead atoms. The van der Waals surface area contributed by atoms with E-state index in [-0.39, 0.29) is 24.7 Å². The molecule has 0 saturated carbocycles. The van der Waals surface area contributed by atoms with E-state index < -0.39 is 17.2 Å². The van der Waals surface area contributed by atoms with Crippen LogP contribution in [0.25, 0.3) is 0 Å². The number of para-hydroxylation sites is 1. The van der Waals surface area contributed by atoms with Crippen LogP contribution in [0.3, 0.4) is 0 Å². The number of hydrogen-bond acceptors (Lipinski definition) is 5. The van der Waals surface area contributed by atoms with E-state index in [9.17, 15) is 14.0 Å². The molecule has 0 unspecified atom stereocenters. The molecule has 0 saturated heterocycles. The predicted molar refractivity (Wildman–Crippen MR) is 99.9 cm³/mol. The molecule has 0 aliphatic heterocycles. The molecule has 3 rings (SSSR count). The molecule has 2 aromatic carbocycles. The molecule has 0 aliphatic carbocycles. The SMILES string of the molecule is COc1ccccc1CNC(=O)c1cc(=O)c(OCc2ccccc2F)co1. The number of ether oxygens (including phenoxy) is 2. The number of benzene rings is 2. The van der Waals surface area contributed by atoms with Crippen molar-refractivity contribution in [2.75, 3.05) is 7.11 Å². The van der Waals surface area contributed by atoms with Crippen LogP contribution < -0.4 is 20.2 Å². The molecule has 28 heavy (non-hydrogen) atoms. The van der Waals surface area contributed by atoms with Crippen LogP contribution >= 0.6 is 0 Å². The first-order valence-corrected chi connectivity index (χ1v) is 8.47. The molecule has 0 atom stereocenters. The number of amides is 1. The first-order valence-electron chi connectivity index (χ1n) is 8.47. The van der Waals surface area contributed by atoms with Gasteiger partial charge in [-0.05, 0) is 12.1 Å². The monoisotopic (exact) mass is 383 g/mol. The summed E-state index contributed by atoms with van der Waals surface area (Å²) >= 11 is 0. The third-order valence-electron chi connectivity index (χ3n) is 3.99. The Morgan fingerprint density at radius 2 is 1.79 bits per heavy atom. The zero-order valence-electron chi connectivity index (χ0n) is 15.1. The summed E-state index contributed by atoms with van der Waals surface area (Å²) in [7, 11) is 1.54. The zero-order valence-corrected chi connectivity index (χ0v) is 15.1. The number of methoxy groups -OCH3 is 1. The van der Waals surface area contributed by atoms with E-state index in [1.54, 1.807) is 31.4 Å². The molecule has 6 nitrogen and oxygen atoms in total. The van der Waals surface area contributed by atoms with Crippen molar-refractivity contribution in [3.63, 3.8) is 0 Å². The van der Waals surface area contributed by atoms with Gasteiger partial charge in [-0.1, -0.05) is 36.4 Å². The number of carbonyl (C=O) groups excluding carboxylic acids is 1. The van der Waals surface area contributed by atoms with E-state index in [0.717, 1.165) is 17.9 Å². The van der Waals surface area contributed by atoms with E-state index in [1.807, 2.05) is 18.2 Å². The van der Waals surface area contributed by atoms with E-state index >= 15 is 0 Å². The quantitative estimate of drug-likeness (QED) is 0.677. The number of hydrogen-bond donors (Lipinski definition) is 1. The van der Waals surface area contributed by atoms with E-state index in [0.29, 0.717) is 11.3 Å². The lowest BCUT2D eigenvalue weighted by molar-refractivity contribution is 0.0919. The van der Waals surface area contributed by atoms with Crippen molar-refractivity contribution >= 4 is 5.91 Å². The van der Waals surface area contributed by atoms with Gasteiger partial charge >= 0.3 is 0 Å². The Hall–Kier alpha value is -3.61. The molecule has 144 valence electrons. The minimum atomic E-state index is -0.552. The van der Waals surface area contributed by atoms with Gasteiger partial charge in [-0.15, -0.1) is 0 Å². The Morgan fingerprint density at radius 3 is 2.50 bits per heavy atom. The molecular weight excluding hydrogens is 365 g/mol. The third-order valence-corrected chi connectivity index (χ3v) is 3.99. The summed E-state index contributed by atoms with van der Waals surface area (Å²) in [6, 6.07) is 14.4. The number of nitrogens with one attached hydrogen (secondary N) is 1. The second-order valence-electron chi connectivity index (χ2n) is 5.85. The highest BCUT2D eigenvalue weighted by atomic mass is 19.1. The summed E-state index contributed by atoms with van der Waals surface area (Å²) in [5.41, 5.74) is 0.552. The predicted octanol–water partition coefficient (Wildman–Crippen LogP) is 3.30. The number of halogens is 1. The summed E-state index contributed by atoms with van der Waals surface area (Å²) in [5.74, 6) is -0.605. The summed E-state index contributed by atoms with van der Waals surface area (Å²) < 4.78 is 29.3. The zero-order chi connectivity index (χ0) is 19.9. The van der Waals surface area contributed by atoms with Gasteiger partial charge in [0.1, 0.15) is 24.4 Å². The van der Waals surface area contributed by atoms with Crippen LogP contribution in [0.1, 0.15) is 21.7 Å². The van der Waals surface area contributed by atoms with Gasteiger partial charge in [-0.25, -0.2) is 4.39 Å². The number of carbonyl (C=O) groups is 1. The molecule has 1 amide bonds. The molecule has 1 aromatic heterocycles. The standard InChI is InChI=1S/C21H18FNO5/c1-26-18-9-5-3-6-14(18)11-23-21(25)19-10-17(24)20(13-28-19)27-12-15-7-2-4-8-16(15)22/h2-10,13H,11-12H2,1H3,(H,23,25). The fraction of sp³-hybridized carbons (Fsp3) is 0.143. The Kier molecular flexibility index (Phi) is 6.06. The van der Waals surface area contributed by atoms with E-state index in [2.05, 4.69) is 5.32 Å². The summed E-state index contributed by atoms with van der Waals surface area (Å²) in [4.78, 5) is 24.4. The highest BCUT2D eigenvalue weighted by Gasteiger charge is 2.13. The Labute approximate surface area is 160 Å². The maximum Gasteiger partial charge on any atom is 0.287 e. The summed E-state index contributed by atoms with van der Waals surface area (Å²) in [6.45, 7) is 0.0782. The normalized spacial score (nSPS) is 10.4. The molecule has 3 aromatic rings. The lowest BCUT2D eigenvalue weighted by Crippen LogP contribution is -2.24. The fourth-order valence-corrected chi connectivity index (χ4v) is 2.51. The summed E-state index contributed by atoms with van der Waals surface area (Å²) in [6.07, 6.45) is 1.04. The minimum Gasteiger partial charge on any atom is -0.496 e. The molecule has 1 heterocycles. The van der Waals surface area contributed by atoms with E-state index in [1.165, 1.54) is 6.07 Å². The van der Waals surface area contributed by atoms with Crippen LogP contribution in [0, 0.1) is 5.82 Å². The van der Waals surface area contributed by atoms with Crippen molar-refractivity contribution in [1.29, 1.82) is 0 Å². The van der Waals surface area contributed by atoms with Gasteiger partial charge in [-0.2, -0.15) is 0 Å². The Balaban J connectivity index is 1.64. The van der Waals surface area contributed by atoms with Crippen molar-refractivity contribution in [2.45, 2.75) is 13.2 Å². The maximum absolute atomic E-state index is 13.6. The lowest BCUT2D eigenvalue weighted by Gasteiger charge is -2.09. The summed E-state index contributed by atoms with van der Waals surface area (Å²) in [5, 5.41) is 2.66. The lowest BCUT2D eigenvalue weighted by atomic mass is 10.2. The van der Waals surface area contributed by atoms with Gasteiger partial charge < -0.3 is 19.2 Å². The molecule has 7 heteroatoms. The van der Waals surface area contributed by atoms with Crippen LogP contribution in [0.15, 0.2) is 70.1 Å². The maximum atomic E-state index is 13.6. The average molecular weight is 383 g/mol. The highest BCUT2D eigenvalue weighted by molar-refractivity contribution is 5.91. The second kappa shape index (κ2) is 8.85. The van der Waals surface area contributed by atoms with Gasteiger partial charge in [0.05, 0.1) is 7.11 Å². The Bertz CT molecular complexity index is 1030. The molecule has 0 spiro atoms. The van der Waals surface area contributed by atoms with Crippen molar-refractivity contribution in [2.24, 2.45) is 0 Å². The topological polar surface area (TPSA) is 77.8 Å². The van der Waals surface area contributed by atoms with Gasteiger partial charge in [0.25, 0.3) is 5.91 Å². The van der Waals surface area contributed by atoms with Crippen LogP contribution in [0.4, 0.5) is 4.39 Å².